The van der Waals surface area contributed by atoms with Crippen LogP contribution in [-0.4, -0.2) is 5.78 Å². The summed E-state index contributed by atoms with van der Waals surface area (Å²) in [5, 5.41) is 10.1. The Morgan fingerprint density at radius 2 is 2.50 bits per heavy atom. The Morgan fingerprint density at radius 1 is 1.75 bits per heavy atom. The van der Waals surface area contributed by atoms with Gasteiger partial charge in [0.1, 0.15) is 0 Å². The predicted octanol–water partition coefficient (Wildman–Crippen LogP) is 2.49. The summed E-state index contributed by atoms with van der Waals surface area (Å²) in [6.07, 6.45) is 3.08. The number of nitrogens with zero attached hydrogens (tertiary/aromatic N) is 1. The third-order valence-electron chi connectivity index (χ3n) is 1.32. The molecule has 60 valence electrons. The average molecular weight is 177 g/mol. The summed E-state index contributed by atoms with van der Waals surface area (Å²) in [7, 11) is 0. The molecule has 0 radical (unpaired) electrons. The molecule has 12 heavy (non-hydrogen) atoms. The third-order valence-corrected chi connectivity index (χ3v) is 2.37. The second-order valence-electron chi connectivity index (χ2n) is 2.26. The first-order valence-corrected chi connectivity index (χ1v) is 4.27. The standard InChI is InChI=1S/C9H7NOS/c1-7(11)9-5-8(6-12-9)3-2-4-10/h2-3,5-6H,1H3. The molecule has 1 rings (SSSR count). The average Bonchev–Trinajstić information content (AvgIpc) is 2.48. The molecule has 0 aliphatic heterocycles. The lowest BCUT2D eigenvalue weighted by Gasteiger charge is -1.81. The van der Waals surface area contributed by atoms with Crippen molar-refractivity contribution in [1.29, 1.82) is 5.26 Å². The number of nitriles is 1. The van der Waals surface area contributed by atoms with E-state index < -0.39 is 0 Å². The first kappa shape index (κ1) is 8.69. The fourth-order valence-corrected chi connectivity index (χ4v) is 1.54. The van der Waals surface area contributed by atoms with Crippen LogP contribution in [0.3, 0.4) is 0 Å². The first-order chi connectivity index (χ1) is 5.74. The monoisotopic (exact) mass is 177 g/mol. The molecule has 0 atom stereocenters. The number of Topliss-reactive ketones (excluding diaryl/α,β-unsaturated/α-hetero) is 1. The zero-order valence-electron chi connectivity index (χ0n) is 6.57. The van der Waals surface area contributed by atoms with Gasteiger partial charge in [-0.2, -0.15) is 5.26 Å². The highest BCUT2D eigenvalue weighted by Crippen LogP contribution is 2.16. The lowest BCUT2D eigenvalue weighted by Crippen LogP contribution is -1.83. The molecule has 0 bridgehead atoms. The van der Waals surface area contributed by atoms with Crippen LogP contribution < -0.4 is 0 Å². The van der Waals surface area contributed by atoms with Crippen LogP contribution >= 0.6 is 11.3 Å². The van der Waals surface area contributed by atoms with E-state index >= 15 is 0 Å². The van der Waals surface area contributed by atoms with Crippen LogP contribution in [-0.2, 0) is 0 Å². The van der Waals surface area contributed by atoms with Crippen molar-refractivity contribution < 1.29 is 4.79 Å². The van der Waals surface area contributed by atoms with Crippen molar-refractivity contribution in [2.24, 2.45) is 0 Å². The fraction of sp³-hybridized carbons (Fsp3) is 0.111. The number of carbonyl (C=O) groups excluding carboxylic acids is 1. The quantitative estimate of drug-likeness (QED) is 0.514. The van der Waals surface area contributed by atoms with Crippen LogP contribution in [0.5, 0.6) is 0 Å². The molecule has 0 fully saturated rings. The maximum Gasteiger partial charge on any atom is 0.169 e. The van der Waals surface area contributed by atoms with E-state index in [0.29, 0.717) is 0 Å². The van der Waals surface area contributed by atoms with Gasteiger partial charge in [-0.25, -0.2) is 0 Å². The van der Waals surface area contributed by atoms with E-state index in [-0.39, 0.29) is 5.78 Å². The van der Waals surface area contributed by atoms with E-state index in [1.54, 1.807) is 12.1 Å². The summed E-state index contributed by atoms with van der Waals surface area (Å²) in [6.45, 7) is 1.53. The summed E-state index contributed by atoms with van der Waals surface area (Å²) < 4.78 is 0. The molecule has 0 aliphatic rings. The van der Waals surface area contributed by atoms with Crippen molar-refractivity contribution in [1.82, 2.24) is 0 Å². The van der Waals surface area contributed by atoms with Crippen LogP contribution in [0.15, 0.2) is 17.5 Å². The summed E-state index contributed by atoms with van der Waals surface area (Å²) in [4.78, 5) is 11.6. The van der Waals surface area contributed by atoms with Gasteiger partial charge in [-0.05, 0) is 30.0 Å². The Hall–Kier alpha value is -1.40. The second-order valence-corrected chi connectivity index (χ2v) is 3.17. The minimum atomic E-state index is 0.0663. The van der Waals surface area contributed by atoms with Crippen LogP contribution in [0.2, 0.25) is 0 Å². The Morgan fingerprint density at radius 3 is 3.00 bits per heavy atom. The van der Waals surface area contributed by atoms with E-state index in [1.807, 2.05) is 11.4 Å². The van der Waals surface area contributed by atoms with Gasteiger partial charge in [0.2, 0.25) is 0 Å². The number of ketones is 1. The summed E-state index contributed by atoms with van der Waals surface area (Å²) in [6, 6.07) is 3.67. The molecule has 0 unspecified atom stereocenters. The van der Waals surface area contributed by atoms with Gasteiger partial charge in [0.25, 0.3) is 0 Å². The number of hydrogen-bond donors (Lipinski definition) is 0. The van der Waals surface area contributed by atoms with E-state index in [2.05, 4.69) is 0 Å². The van der Waals surface area contributed by atoms with Crippen molar-refractivity contribution in [3.05, 3.63) is 28.0 Å². The normalized spacial score (nSPS) is 10.0. The molecule has 0 saturated carbocycles. The number of thiophene rings is 1. The van der Waals surface area contributed by atoms with Crippen molar-refractivity contribution in [2.75, 3.05) is 0 Å². The Bertz CT molecular complexity index is 357. The maximum atomic E-state index is 10.9. The number of allylic oxidation sites excluding steroid dienone is 1. The summed E-state index contributed by atoms with van der Waals surface area (Å²) in [5.74, 6) is 0.0663. The molecule has 0 amide bonds. The highest BCUT2D eigenvalue weighted by Gasteiger charge is 2.00. The van der Waals surface area contributed by atoms with E-state index in [0.717, 1.165) is 10.4 Å². The van der Waals surface area contributed by atoms with Crippen molar-refractivity contribution in [2.45, 2.75) is 6.92 Å². The highest BCUT2D eigenvalue weighted by atomic mass is 32.1. The molecule has 0 aromatic carbocycles. The highest BCUT2D eigenvalue weighted by molar-refractivity contribution is 7.12. The molecule has 0 aliphatic carbocycles. The van der Waals surface area contributed by atoms with Gasteiger partial charge in [-0.1, -0.05) is 0 Å². The SMILES string of the molecule is CC(=O)c1cc(C=CC#N)cs1. The van der Waals surface area contributed by atoms with E-state index in [1.165, 1.54) is 24.3 Å². The largest absolute Gasteiger partial charge is 0.294 e. The van der Waals surface area contributed by atoms with Gasteiger partial charge in [0, 0.05) is 6.08 Å². The molecule has 2 nitrogen and oxygen atoms in total. The molecule has 1 aromatic heterocycles. The molecule has 1 heterocycles. The van der Waals surface area contributed by atoms with Gasteiger partial charge in [-0.3, -0.25) is 4.79 Å². The van der Waals surface area contributed by atoms with E-state index in [4.69, 9.17) is 5.26 Å². The van der Waals surface area contributed by atoms with E-state index in [9.17, 15) is 4.79 Å². The molecular formula is C9H7NOS. The second kappa shape index (κ2) is 3.84. The first-order valence-electron chi connectivity index (χ1n) is 3.39. The molecule has 0 N–H and O–H groups in total. The van der Waals surface area contributed by atoms with Gasteiger partial charge in [0.15, 0.2) is 5.78 Å². The Kier molecular flexibility index (Phi) is 2.78. The topological polar surface area (TPSA) is 40.9 Å². The number of carbonyl (C=O) groups is 1. The number of rotatable bonds is 2. The van der Waals surface area contributed by atoms with Gasteiger partial charge < -0.3 is 0 Å². The number of hydrogen-bond acceptors (Lipinski definition) is 3. The maximum absolute atomic E-state index is 10.9. The van der Waals surface area contributed by atoms with Crippen molar-refractivity contribution >= 4 is 23.2 Å². The minimum Gasteiger partial charge on any atom is -0.294 e. The van der Waals surface area contributed by atoms with Crippen LogP contribution in [0.4, 0.5) is 0 Å². The Balaban J connectivity index is 2.86. The van der Waals surface area contributed by atoms with Crippen LogP contribution in [0, 0.1) is 11.3 Å². The van der Waals surface area contributed by atoms with Crippen LogP contribution in [0.25, 0.3) is 6.08 Å². The Labute approximate surface area is 74.8 Å². The zero-order chi connectivity index (χ0) is 8.97. The van der Waals surface area contributed by atoms with Crippen molar-refractivity contribution in [3.8, 4) is 6.07 Å². The van der Waals surface area contributed by atoms with Gasteiger partial charge >= 0.3 is 0 Å². The lowest BCUT2D eigenvalue weighted by atomic mass is 10.2. The van der Waals surface area contributed by atoms with Crippen molar-refractivity contribution in [3.63, 3.8) is 0 Å². The smallest absolute Gasteiger partial charge is 0.169 e. The zero-order valence-corrected chi connectivity index (χ0v) is 7.39. The fourth-order valence-electron chi connectivity index (χ4n) is 0.756. The summed E-state index contributed by atoms with van der Waals surface area (Å²) >= 11 is 1.40. The van der Waals surface area contributed by atoms with Crippen LogP contribution in [0.1, 0.15) is 22.2 Å². The molecule has 3 heteroatoms. The van der Waals surface area contributed by atoms with Gasteiger partial charge in [-0.15, -0.1) is 11.3 Å². The lowest BCUT2D eigenvalue weighted by molar-refractivity contribution is 0.102. The summed E-state index contributed by atoms with van der Waals surface area (Å²) in [5.41, 5.74) is 0.909. The predicted molar refractivity (Wildman–Crippen MR) is 49.0 cm³/mol. The third kappa shape index (κ3) is 2.04. The molecular weight excluding hydrogens is 170 g/mol. The molecule has 1 aromatic rings. The molecule has 0 saturated heterocycles. The van der Waals surface area contributed by atoms with Gasteiger partial charge in [0.05, 0.1) is 10.9 Å². The molecule has 0 spiro atoms. The minimum absolute atomic E-state index is 0.0663.